The Morgan fingerprint density at radius 2 is 1.72 bits per heavy atom. The maximum Gasteiger partial charge on any atom is 0.335 e. The van der Waals surface area contributed by atoms with E-state index in [1.54, 1.807) is 12.1 Å². The second-order valence-electron chi connectivity index (χ2n) is 7.77. The van der Waals surface area contributed by atoms with Crippen molar-refractivity contribution in [1.29, 1.82) is 0 Å². The molecule has 0 amide bonds. The molecule has 0 saturated carbocycles. The molecular weight excluding hydrogens is 308 g/mol. The number of carbonyl (C=O) groups is 1. The van der Waals surface area contributed by atoms with Gasteiger partial charge >= 0.3 is 5.97 Å². The van der Waals surface area contributed by atoms with Gasteiger partial charge in [-0.15, -0.1) is 0 Å². The van der Waals surface area contributed by atoms with Crippen molar-refractivity contribution in [2.24, 2.45) is 0 Å². The monoisotopic (exact) mass is 330 g/mol. The second-order valence-corrected chi connectivity index (χ2v) is 7.77. The minimum atomic E-state index is -0.878. The third kappa shape index (κ3) is 2.82. The summed E-state index contributed by atoms with van der Waals surface area (Å²) in [6, 6.07) is 20.6. The van der Waals surface area contributed by atoms with Gasteiger partial charge in [-0.3, -0.25) is 0 Å². The summed E-state index contributed by atoms with van der Waals surface area (Å²) in [7, 11) is 0. The number of hydrogen-bond acceptors (Lipinski definition) is 1. The molecule has 0 saturated heterocycles. The lowest BCUT2D eigenvalue weighted by Crippen LogP contribution is -2.28. The Balaban J connectivity index is 1.73. The van der Waals surface area contributed by atoms with Gasteiger partial charge in [-0.25, -0.2) is 4.79 Å². The van der Waals surface area contributed by atoms with Gasteiger partial charge in [0.15, 0.2) is 0 Å². The van der Waals surface area contributed by atoms with Crippen LogP contribution >= 0.6 is 0 Å². The Labute approximate surface area is 148 Å². The van der Waals surface area contributed by atoms with Gasteiger partial charge in [-0.1, -0.05) is 62.4 Å². The van der Waals surface area contributed by atoms with Crippen molar-refractivity contribution < 1.29 is 9.90 Å². The highest BCUT2D eigenvalue weighted by atomic mass is 16.4. The summed E-state index contributed by atoms with van der Waals surface area (Å²) in [6.45, 7) is 4.66. The molecule has 0 radical (unpaired) electrons. The molecule has 1 N–H and O–H groups in total. The van der Waals surface area contributed by atoms with E-state index < -0.39 is 5.97 Å². The average molecular weight is 330 g/mol. The average Bonchev–Trinajstić information content (AvgIpc) is 2.60. The largest absolute Gasteiger partial charge is 0.478 e. The fourth-order valence-corrected chi connectivity index (χ4v) is 4.31. The Morgan fingerprint density at radius 3 is 2.52 bits per heavy atom. The molecule has 0 fully saturated rings. The molecule has 0 bridgehead atoms. The number of aromatic carboxylic acids is 1. The Hall–Kier alpha value is -2.61. The molecular formula is C23H22O2. The molecule has 4 rings (SSSR count). The number of fused-ring (bicyclic) bond motifs is 2. The first-order valence-electron chi connectivity index (χ1n) is 8.79. The number of carboxylic acid groups (broad SMARTS) is 1. The van der Waals surface area contributed by atoms with Crippen LogP contribution in [0.4, 0.5) is 0 Å². The van der Waals surface area contributed by atoms with Gasteiger partial charge in [0.1, 0.15) is 0 Å². The quantitative estimate of drug-likeness (QED) is 0.669. The summed E-state index contributed by atoms with van der Waals surface area (Å²) < 4.78 is 0. The van der Waals surface area contributed by atoms with Crippen LogP contribution in [0.1, 0.15) is 53.2 Å². The molecule has 0 aromatic heterocycles. The van der Waals surface area contributed by atoms with Crippen molar-refractivity contribution in [1.82, 2.24) is 0 Å². The van der Waals surface area contributed by atoms with Crippen LogP contribution in [0.2, 0.25) is 0 Å². The number of carboxylic acids is 1. The van der Waals surface area contributed by atoms with Gasteiger partial charge in [-0.05, 0) is 63.8 Å². The first-order valence-corrected chi connectivity index (χ1v) is 8.79. The Bertz CT molecular complexity index is 969. The minimum Gasteiger partial charge on any atom is -0.478 e. The van der Waals surface area contributed by atoms with Gasteiger partial charge < -0.3 is 5.11 Å². The van der Waals surface area contributed by atoms with E-state index in [-0.39, 0.29) is 5.41 Å². The zero-order chi connectivity index (χ0) is 17.6. The van der Waals surface area contributed by atoms with Gasteiger partial charge in [-0.2, -0.15) is 0 Å². The third-order valence-corrected chi connectivity index (χ3v) is 5.55. The first kappa shape index (κ1) is 15.9. The molecule has 2 nitrogen and oxygen atoms in total. The van der Waals surface area contributed by atoms with E-state index in [9.17, 15) is 4.79 Å². The molecule has 1 aliphatic rings. The maximum absolute atomic E-state index is 11.1. The van der Waals surface area contributed by atoms with Crippen molar-refractivity contribution in [2.45, 2.75) is 38.0 Å². The molecule has 1 unspecified atom stereocenters. The van der Waals surface area contributed by atoms with Crippen LogP contribution in [0.3, 0.4) is 0 Å². The molecule has 0 spiro atoms. The van der Waals surface area contributed by atoms with E-state index in [0.717, 1.165) is 23.6 Å². The predicted octanol–water partition coefficient (Wildman–Crippen LogP) is 5.55. The van der Waals surface area contributed by atoms with Crippen LogP contribution in [0, 0.1) is 0 Å². The van der Waals surface area contributed by atoms with Crippen LogP contribution in [-0.2, 0) is 11.8 Å². The molecule has 0 heterocycles. The lowest BCUT2D eigenvalue weighted by atomic mass is 9.67. The number of rotatable bonds is 2. The molecule has 1 atom stereocenters. The van der Waals surface area contributed by atoms with E-state index >= 15 is 0 Å². The first-order chi connectivity index (χ1) is 11.9. The van der Waals surface area contributed by atoms with Crippen LogP contribution < -0.4 is 0 Å². The van der Waals surface area contributed by atoms with Gasteiger partial charge in [0.25, 0.3) is 0 Å². The van der Waals surface area contributed by atoms with Crippen molar-refractivity contribution in [3.05, 3.63) is 82.9 Å². The van der Waals surface area contributed by atoms with Crippen molar-refractivity contribution in [3.63, 3.8) is 0 Å². The fourth-order valence-electron chi connectivity index (χ4n) is 4.31. The standard InChI is InChI=1S/C23H22O2/c1-23(2)14-20(13-18-5-3-4-6-21(18)23)17-8-7-16-12-19(22(24)25)10-9-15(16)11-17/h3-12,20H,13-14H2,1-2H3,(H,24,25). The van der Waals surface area contributed by atoms with Crippen LogP contribution in [0.5, 0.6) is 0 Å². The van der Waals surface area contributed by atoms with Gasteiger partial charge in [0.2, 0.25) is 0 Å². The Kier molecular flexibility index (Phi) is 3.64. The van der Waals surface area contributed by atoms with Gasteiger partial charge in [0.05, 0.1) is 5.56 Å². The van der Waals surface area contributed by atoms with E-state index in [1.807, 2.05) is 6.07 Å². The molecule has 1 aliphatic carbocycles. The van der Waals surface area contributed by atoms with Crippen LogP contribution in [0.25, 0.3) is 10.8 Å². The summed E-state index contributed by atoms with van der Waals surface area (Å²) in [5.74, 6) is -0.384. The molecule has 2 heteroatoms. The fraction of sp³-hybridized carbons (Fsp3) is 0.261. The summed E-state index contributed by atoms with van der Waals surface area (Å²) >= 11 is 0. The maximum atomic E-state index is 11.1. The smallest absolute Gasteiger partial charge is 0.335 e. The number of hydrogen-bond donors (Lipinski definition) is 1. The van der Waals surface area contributed by atoms with Crippen LogP contribution in [0.15, 0.2) is 60.7 Å². The number of benzene rings is 3. The SMILES string of the molecule is CC1(C)CC(c2ccc3cc(C(=O)O)ccc3c2)Cc2ccccc21. The Morgan fingerprint density at radius 1 is 1.00 bits per heavy atom. The molecule has 3 aromatic rings. The van der Waals surface area contributed by atoms with Crippen molar-refractivity contribution in [3.8, 4) is 0 Å². The van der Waals surface area contributed by atoms with E-state index in [2.05, 4.69) is 56.3 Å². The van der Waals surface area contributed by atoms with E-state index in [4.69, 9.17) is 5.11 Å². The minimum absolute atomic E-state index is 0.168. The summed E-state index contributed by atoms with van der Waals surface area (Å²) in [4.78, 5) is 11.1. The van der Waals surface area contributed by atoms with Crippen molar-refractivity contribution in [2.75, 3.05) is 0 Å². The summed E-state index contributed by atoms with van der Waals surface area (Å²) in [5.41, 5.74) is 4.77. The zero-order valence-electron chi connectivity index (χ0n) is 14.6. The molecule has 3 aromatic carbocycles. The highest BCUT2D eigenvalue weighted by Crippen LogP contribution is 2.43. The predicted molar refractivity (Wildman–Crippen MR) is 101 cm³/mol. The normalized spacial score (nSPS) is 18.7. The van der Waals surface area contributed by atoms with Crippen LogP contribution in [-0.4, -0.2) is 11.1 Å². The third-order valence-electron chi connectivity index (χ3n) is 5.55. The van der Waals surface area contributed by atoms with E-state index in [0.29, 0.717) is 11.5 Å². The highest BCUT2D eigenvalue weighted by molar-refractivity contribution is 5.94. The summed E-state index contributed by atoms with van der Waals surface area (Å²) in [5, 5.41) is 11.2. The lowest BCUT2D eigenvalue weighted by Gasteiger charge is -2.38. The zero-order valence-corrected chi connectivity index (χ0v) is 14.6. The highest BCUT2D eigenvalue weighted by Gasteiger charge is 2.33. The topological polar surface area (TPSA) is 37.3 Å². The molecule has 0 aliphatic heterocycles. The lowest BCUT2D eigenvalue weighted by molar-refractivity contribution is 0.0697. The molecule has 126 valence electrons. The summed E-state index contributed by atoms with van der Waals surface area (Å²) in [6.07, 6.45) is 2.20. The second kappa shape index (κ2) is 5.73. The molecule has 25 heavy (non-hydrogen) atoms. The van der Waals surface area contributed by atoms with Crippen molar-refractivity contribution >= 4 is 16.7 Å². The van der Waals surface area contributed by atoms with Gasteiger partial charge in [0, 0.05) is 0 Å². The van der Waals surface area contributed by atoms with E-state index in [1.165, 1.54) is 16.7 Å².